The van der Waals surface area contributed by atoms with Gasteiger partial charge in [0.25, 0.3) is 15.9 Å². The Bertz CT molecular complexity index is 681. The van der Waals surface area contributed by atoms with Gasteiger partial charge in [-0.15, -0.1) is 0 Å². The summed E-state index contributed by atoms with van der Waals surface area (Å²) in [6.07, 6.45) is -0.222. The molecule has 1 aliphatic rings. The molecule has 2 rings (SSSR count). The van der Waals surface area contributed by atoms with E-state index in [0.717, 1.165) is 11.0 Å². The monoisotopic (exact) mass is 332 g/mol. The van der Waals surface area contributed by atoms with Crippen LogP contribution in [0.3, 0.4) is 0 Å². The summed E-state index contributed by atoms with van der Waals surface area (Å²) in [5.41, 5.74) is 0. The molecule has 2 N–H and O–H groups in total. The van der Waals surface area contributed by atoms with Crippen molar-refractivity contribution in [2.45, 2.75) is 23.7 Å². The highest BCUT2D eigenvalue weighted by Gasteiger charge is 2.41. The number of hydrogen-bond donors (Lipinski definition) is 2. The first-order chi connectivity index (χ1) is 10.3. The largest absolute Gasteiger partial charge is 0.480 e. The number of carboxylic acids is 1. The number of nitrogens with zero attached hydrogens (tertiary/aromatic N) is 1. The molecule has 22 heavy (non-hydrogen) atoms. The Morgan fingerprint density at radius 1 is 1.45 bits per heavy atom. The maximum absolute atomic E-state index is 12.3. The molecule has 9 nitrogen and oxygen atoms in total. The summed E-state index contributed by atoms with van der Waals surface area (Å²) in [6.45, 7) is 0.0983. The molecule has 10 heteroatoms. The average Bonchev–Trinajstić information content (AvgIpc) is 3.13. The molecule has 0 spiro atoms. The van der Waals surface area contributed by atoms with E-state index in [1.165, 1.54) is 20.2 Å². The molecule has 1 aromatic heterocycles. The smallest absolute Gasteiger partial charge is 0.326 e. The van der Waals surface area contributed by atoms with Crippen LogP contribution >= 0.6 is 0 Å². The maximum Gasteiger partial charge on any atom is 0.326 e. The Hall–Kier alpha value is -1.91. The number of amides is 1. The lowest BCUT2D eigenvalue weighted by Gasteiger charge is -2.19. The Morgan fingerprint density at radius 2 is 2.14 bits per heavy atom. The van der Waals surface area contributed by atoms with Gasteiger partial charge >= 0.3 is 5.97 Å². The first-order valence-electron chi connectivity index (χ1n) is 6.40. The number of carboxylic acid groups (broad SMARTS) is 1. The van der Waals surface area contributed by atoms with Gasteiger partial charge in [0.05, 0.1) is 6.10 Å². The van der Waals surface area contributed by atoms with Gasteiger partial charge in [0.1, 0.15) is 6.04 Å². The third-order valence-corrected chi connectivity index (χ3v) is 4.75. The van der Waals surface area contributed by atoms with Crippen LogP contribution < -0.4 is 4.72 Å². The SMILES string of the molecule is CNS(=O)(=O)c1ccc(C(=O)N2CC(OC)CC2C(=O)O)o1. The van der Waals surface area contributed by atoms with Crippen LogP contribution in [-0.4, -0.2) is 63.1 Å². The number of nitrogens with one attached hydrogen (secondary N) is 1. The van der Waals surface area contributed by atoms with Crippen LogP contribution in [-0.2, 0) is 19.6 Å². The molecule has 2 atom stereocenters. The number of rotatable bonds is 5. The number of furan rings is 1. The number of sulfonamides is 1. The highest BCUT2D eigenvalue weighted by molar-refractivity contribution is 7.89. The van der Waals surface area contributed by atoms with Crippen molar-refractivity contribution in [1.82, 2.24) is 9.62 Å². The normalized spacial score (nSPS) is 22.0. The van der Waals surface area contributed by atoms with Crippen LogP contribution in [0.4, 0.5) is 0 Å². The second-order valence-electron chi connectivity index (χ2n) is 4.73. The minimum atomic E-state index is -3.81. The van der Waals surface area contributed by atoms with Crippen molar-refractivity contribution in [3.05, 3.63) is 17.9 Å². The average molecular weight is 332 g/mol. The molecule has 1 saturated heterocycles. The first-order valence-corrected chi connectivity index (χ1v) is 7.88. The van der Waals surface area contributed by atoms with Crippen LogP contribution in [0, 0.1) is 0 Å². The van der Waals surface area contributed by atoms with E-state index < -0.39 is 33.0 Å². The minimum Gasteiger partial charge on any atom is -0.480 e. The predicted octanol–water partition coefficient (Wildman–Crippen LogP) is -0.498. The van der Waals surface area contributed by atoms with Crippen molar-refractivity contribution in [3.8, 4) is 0 Å². The van der Waals surface area contributed by atoms with Crippen LogP contribution in [0.2, 0.25) is 0 Å². The van der Waals surface area contributed by atoms with Gasteiger partial charge in [-0.1, -0.05) is 0 Å². The lowest BCUT2D eigenvalue weighted by atomic mass is 10.2. The van der Waals surface area contributed by atoms with Gasteiger partial charge in [0.2, 0.25) is 5.09 Å². The number of hydrogen-bond acceptors (Lipinski definition) is 6. The molecule has 1 amide bonds. The van der Waals surface area contributed by atoms with Crippen LogP contribution in [0.5, 0.6) is 0 Å². The zero-order valence-electron chi connectivity index (χ0n) is 12.0. The summed E-state index contributed by atoms with van der Waals surface area (Å²) in [4.78, 5) is 24.7. The Balaban J connectivity index is 2.26. The van der Waals surface area contributed by atoms with E-state index in [9.17, 15) is 23.1 Å². The number of carbonyl (C=O) groups is 2. The molecule has 2 unspecified atom stereocenters. The predicted molar refractivity (Wildman–Crippen MR) is 72.8 cm³/mol. The molecule has 0 saturated carbocycles. The minimum absolute atomic E-state index is 0.0983. The summed E-state index contributed by atoms with van der Waals surface area (Å²) >= 11 is 0. The van der Waals surface area contributed by atoms with Crippen molar-refractivity contribution in [2.24, 2.45) is 0 Å². The quantitative estimate of drug-likeness (QED) is 0.744. The van der Waals surface area contributed by atoms with E-state index in [4.69, 9.17) is 9.15 Å². The molecular weight excluding hydrogens is 316 g/mol. The van der Waals surface area contributed by atoms with Gasteiger partial charge in [-0.2, -0.15) is 0 Å². The summed E-state index contributed by atoms with van der Waals surface area (Å²) < 4.78 is 35.4. The third-order valence-electron chi connectivity index (χ3n) is 3.47. The van der Waals surface area contributed by atoms with Gasteiger partial charge in [-0.05, 0) is 19.2 Å². The van der Waals surface area contributed by atoms with Gasteiger partial charge < -0.3 is 19.2 Å². The molecule has 1 fully saturated rings. The Kier molecular flexibility index (Phi) is 4.54. The van der Waals surface area contributed by atoms with E-state index in [0.29, 0.717) is 0 Å². The highest BCUT2D eigenvalue weighted by Crippen LogP contribution is 2.24. The topological polar surface area (TPSA) is 126 Å². The lowest BCUT2D eigenvalue weighted by Crippen LogP contribution is -2.40. The van der Waals surface area contributed by atoms with Crippen molar-refractivity contribution < 1.29 is 32.3 Å². The summed E-state index contributed by atoms with van der Waals surface area (Å²) in [5.74, 6) is -2.08. The molecule has 1 aromatic rings. The van der Waals surface area contributed by atoms with Crippen molar-refractivity contribution >= 4 is 21.9 Å². The van der Waals surface area contributed by atoms with Crippen molar-refractivity contribution in [2.75, 3.05) is 20.7 Å². The second-order valence-corrected chi connectivity index (χ2v) is 6.55. The van der Waals surface area contributed by atoms with E-state index in [2.05, 4.69) is 4.72 Å². The zero-order chi connectivity index (χ0) is 16.5. The number of likely N-dealkylation sites (tertiary alicyclic amines) is 1. The van der Waals surface area contributed by atoms with Crippen LogP contribution in [0.15, 0.2) is 21.6 Å². The highest BCUT2D eigenvalue weighted by atomic mass is 32.2. The summed E-state index contributed by atoms with van der Waals surface area (Å²) in [6, 6.07) is 1.30. The van der Waals surface area contributed by atoms with Gasteiger partial charge in [-0.25, -0.2) is 17.9 Å². The summed E-state index contributed by atoms with van der Waals surface area (Å²) in [5, 5.41) is 8.77. The fraction of sp³-hybridized carbons (Fsp3) is 0.500. The standard InChI is InChI=1S/C12H16N2O7S/c1-13-22(18,19)10-4-3-9(21-10)11(15)14-6-7(20-2)5-8(14)12(16)17/h3-4,7-8,13H,5-6H2,1-2H3,(H,16,17). The fourth-order valence-electron chi connectivity index (χ4n) is 2.25. The van der Waals surface area contributed by atoms with E-state index >= 15 is 0 Å². The summed E-state index contributed by atoms with van der Waals surface area (Å²) in [7, 11) is -1.16. The number of carbonyl (C=O) groups excluding carboxylic acids is 1. The van der Waals surface area contributed by atoms with Crippen LogP contribution in [0.25, 0.3) is 0 Å². The first kappa shape index (κ1) is 16.5. The van der Waals surface area contributed by atoms with Crippen LogP contribution in [0.1, 0.15) is 17.0 Å². The Labute approximate surface area is 126 Å². The van der Waals surface area contributed by atoms with Gasteiger partial charge in [0, 0.05) is 20.1 Å². The molecule has 1 aliphatic heterocycles. The molecular formula is C12H16N2O7S. The fourth-order valence-corrected chi connectivity index (χ4v) is 2.90. The number of aliphatic carboxylic acids is 1. The number of methoxy groups -OCH3 is 1. The molecule has 0 bridgehead atoms. The zero-order valence-corrected chi connectivity index (χ0v) is 12.8. The number of ether oxygens (including phenoxy) is 1. The molecule has 0 aromatic carbocycles. The van der Waals surface area contributed by atoms with Gasteiger partial charge in [0.15, 0.2) is 5.76 Å². The van der Waals surface area contributed by atoms with E-state index in [1.54, 1.807) is 0 Å². The van der Waals surface area contributed by atoms with E-state index in [1.807, 2.05) is 0 Å². The molecule has 0 aliphatic carbocycles. The maximum atomic E-state index is 12.3. The third kappa shape index (κ3) is 2.98. The lowest BCUT2D eigenvalue weighted by molar-refractivity contribution is -0.141. The molecule has 122 valence electrons. The Morgan fingerprint density at radius 3 is 2.68 bits per heavy atom. The van der Waals surface area contributed by atoms with E-state index in [-0.39, 0.29) is 24.8 Å². The molecule has 2 heterocycles. The van der Waals surface area contributed by atoms with Gasteiger partial charge in [-0.3, -0.25) is 4.79 Å². The molecule has 0 radical (unpaired) electrons. The van der Waals surface area contributed by atoms with Crippen molar-refractivity contribution in [3.63, 3.8) is 0 Å². The van der Waals surface area contributed by atoms with Crippen molar-refractivity contribution in [1.29, 1.82) is 0 Å². The second kappa shape index (κ2) is 6.07.